The van der Waals surface area contributed by atoms with Crippen LogP contribution in [-0.4, -0.2) is 14.5 Å². The largest absolute Gasteiger partial charge is 0.313 e. The fourth-order valence-corrected chi connectivity index (χ4v) is 7.52. The minimum Gasteiger partial charge on any atom is -0.313 e. The average Bonchev–Trinajstić information content (AvgIpc) is 3.52. The van der Waals surface area contributed by atoms with Gasteiger partial charge in [-0.15, -0.1) is 0 Å². The zero-order valence-corrected chi connectivity index (χ0v) is 27.2. The van der Waals surface area contributed by atoms with Gasteiger partial charge >= 0.3 is 0 Å². The van der Waals surface area contributed by atoms with E-state index in [-0.39, 0.29) is 0 Å². The molecular formula is C46H35N3. The SMILES string of the molecule is c1ccc(-c2ccc3c(c2)c2c(n3-c3ccc(-c4cc(-c5ccccc5)nc(-c5ccccc5)n4)cc3)CCC(c3ccccc3)C2)cc1. The van der Waals surface area contributed by atoms with E-state index in [1.165, 1.54) is 44.5 Å². The van der Waals surface area contributed by atoms with Crippen LogP contribution in [0.4, 0.5) is 0 Å². The maximum atomic E-state index is 5.07. The first-order chi connectivity index (χ1) is 24.3. The maximum Gasteiger partial charge on any atom is 0.160 e. The Kier molecular flexibility index (Phi) is 7.44. The quantitative estimate of drug-likeness (QED) is 0.183. The van der Waals surface area contributed by atoms with Gasteiger partial charge in [0.15, 0.2) is 5.82 Å². The highest BCUT2D eigenvalue weighted by atomic mass is 15.0. The van der Waals surface area contributed by atoms with Crippen LogP contribution in [0.25, 0.3) is 61.6 Å². The molecular weight excluding hydrogens is 595 g/mol. The van der Waals surface area contributed by atoms with Crippen LogP contribution in [0.3, 0.4) is 0 Å². The molecule has 3 heteroatoms. The van der Waals surface area contributed by atoms with Gasteiger partial charge in [0, 0.05) is 33.5 Å². The third kappa shape index (κ3) is 5.54. The van der Waals surface area contributed by atoms with Crippen molar-refractivity contribution in [1.82, 2.24) is 14.5 Å². The second-order valence-electron chi connectivity index (χ2n) is 12.9. The molecule has 0 radical (unpaired) electrons. The van der Waals surface area contributed by atoms with E-state index < -0.39 is 0 Å². The van der Waals surface area contributed by atoms with Crippen molar-refractivity contribution < 1.29 is 0 Å². The van der Waals surface area contributed by atoms with E-state index in [0.717, 1.165) is 53.2 Å². The Labute approximate surface area is 287 Å². The fourth-order valence-electron chi connectivity index (χ4n) is 7.52. The second-order valence-corrected chi connectivity index (χ2v) is 12.9. The van der Waals surface area contributed by atoms with Crippen molar-refractivity contribution in [3.8, 4) is 50.7 Å². The number of fused-ring (bicyclic) bond motifs is 3. The predicted molar refractivity (Wildman–Crippen MR) is 202 cm³/mol. The summed E-state index contributed by atoms with van der Waals surface area (Å²) < 4.78 is 2.51. The third-order valence-corrected chi connectivity index (χ3v) is 9.99. The van der Waals surface area contributed by atoms with Crippen molar-refractivity contribution >= 4 is 10.9 Å². The predicted octanol–water partition coefficient (Wildman–Crippen LogP) is 11.4. The van der Waals surface area contributed by atoms with Gasteiger partial charge < -0.3 is 4.57 Å². The smallest absolute Gasteiger partial charge is 0.160 e. The van der Waals surface area contributed by atoms with E-state index in [2.05, 4.69) is 150 Å². The average molecular weight is 630 g/mol. The van der Waals surface area contributed by atoms with Gasteiger partial charge in [-0.05, 0) is 77.8 Å². The topological polar surface area (TPSA) is 30.7 Å². The second kappa shape index (κ2) is 12.5. The zero-order chi connectivity index (χ0) is 32.6. The minimum atomic E-state index is 0.519. The molecule has 0 bridgehead atoms. The van der Waals surface area contributed by atoms with Gasteiger partial charge in [0.05, 0.1) is 16.9 Å². The normalized spacial score (nSPS) is 14.1. The summed E-state index contributed by atoms with van der Waals surface area (Å²) in [5, 5.41) is 1.36. The molecule has 1 unspecified atom stereocenters. The summed E-state index contributed by atoms with van der Waals surface area (Å²) in [4.78, 5) is 10.1. The highest BCUT2D eigenvalue weighted by molar-refractivity contribution is 5.92. The van der Waals surface area contributed by atoms with Crippen molar-refractivity contribution in [3.63, 3.8) is 0 Å². The highest BCUT2D eigenvalue weighted by Crippen LogP contribution is 2.41. The molecule has 1 atom stereocenters. The van der Waals surface area contributed by atoms with Crippen LogP contribution in [0.5, 0.6) is 0 Å². The maximum absolute atomic E-state index is 5.07. The Bertz CT molecular complexity index is 2320. The van der Waals surface area contributed by atoms with Crippen LogP contribution >= 0.6 is 0 Å². The first-order valence-electron chi connectivity index (χ1n) is 17.2. The molecule has 0 spiro atoms. The third-order valence-electron chi connectivity index (χ3n) is 9.99. The summed E-state index contributed by atoms with van der Waals surface area (Å²) in [5.74, 6) is 1.25. The summed E-state index contributed by atoms with van der Waals surface area (Å²) >= 11 is 0. The summed E-state index contributed by atoms with van der Waals surface area (Å²) in [5.41, 5.74) is 14.3. The molecule has 8 aromatic rings. The number of benzene rings is 6. The van der Waals surface area contributed by atoms with E-state index in [4.69, 9.17) is 9.97 Å². The van der Waals surface area contributed by atoms with Crippen LogP contribution in [0.15, 0.2) is 170 Å². The molecule has 0 N–H and O–H groups in total. The Morgan fingerprint density at radius 1 is 0.490 bits per heavy atom. The molecule has 9 rings (SSSR count). The van der Waals surface area contributed by atoms with E-state index in [1.807, 2.05) is 24.3 Å². The minimum absolute atomic E-state index is 0.519. The summed E-state index contributed by atoms with van der Waals surface area (Å²) in [6, 6.07) is 60.5. The Balaban J connectivity index is 1.15. The molecule has 2 aromatic heterocycles. The molecule has 49 heavy (non-hydrogen) atoms. The number of nitrogens with zero attached hydrogens (tertiary/aromatic N) is 3. The van der Waals surface area contributed by atoms with Gasteiger partial charge in [-0.3, -0.25) is 0 Å². The first kappa shape index (κ1) is 29.1. The Morgan fingerprint density at radius 2 is 1.04 bits per heavy atom. The molecule has 0 amide bonds. The number of rotatable bonds is 6. The van der Waals surface area contributed by atoms with E-state index in [9.17, 15) is 0 Å². The van der Waals surface area contributed by atoms with Gasteiger partial charge in [0.1, 0.15) is 0 Å². The zero-order valence-electron chi connectivity index (χ0n) is 27.2. The van der Waals surface area contributed by atoms with Gasteiger partial charge in [-0.1, -0.05) is 140 Å². The van der Waals surface area contributed by atoms with Crippen molar-refractivity contribution in [1.29, 1.82) is 0 Å². The molecule has 1 aliphatic rings. The van der Waals surface area contributed by atoms with Gasteiger partial charge in [0.25, 0.3) is 0 Å². The summed E-state index contributed by atoms with van der Waals surface area (Å²) in [7, 11) is 0. The fraction of sp³-hybridized carbons (Fsp3) is 0.0870. The molecule has 2 heterocycles. The molecule has 1 aliphatic carbocycles. The molecule has 0 aliphatic heterocycles. The van der Waals surface area contributed by atoms with Crippen molar-refractivity contribution in [3.05, 3.63) is 187 Å². The molecule has 234 valence electrons. The lowest BCUT2D eigenvalue weighted by atomic mass is 9.82. The molecule has 6 aromatic carbocycles. The van der Waals surface area contributed by atoms with Crippen molar-refractivity contribution in [2.75, 3.05) is 0 Å². The lowest BCUT2D eigenvalue weighted by Gasteiger charge is -2.24. The van der Waals surface area contributed by atoms with Gasteiger partial charge in [-0.2, -0.15) is 0 Å². The van der Waals surface area contributed by atoms with Crippen molar-refractivity contribution in [2.24, 2.45) is 0 Å². The van der Waals surface area contributed by atoms with Crippen molar-refractivity contribution in [2.45, 2.75) is 25.2 Å². The van der Waals surface area contributed by atoms with Crippen LogP contribution in [0.1, 0.15) is 29.2 Å². The summed E-state index contributed by atoms with van der Waals surface area (Å²) in [6.07, 6.45) is 3.23. The van der Waals surface area contributed by atoms with Gasteiger partial charge in [0.2, 0.25) is 0 Å². The number of hydrogen-bond acceptors (Lipinski definition) is 2. The lowest BCUT2D eigenvalue weighted by Crippen LogP contribution is -2.14. The molecule has 0 saturated heterocycles. The first-order valence-corrected chi connectivity index (χ1v) is 17.2. The molecule has 0 saturated carbocycles. The highest BCUT2D eigenvalue weighted by Gasteiger charge is 2.27. The van der Waals surface area contributed by atoms with E-state index >= 15 is 0 Å². The standard InChI is InChI=1S/C46H35N3/c1-5-13-32(14-6-1)37-23-27-44-40(29-37)41-30-38(33-15-7-2-8-16-33)24-28-45(41)49(44)39-25-21-35(22-26-39)43-31-42(34-17-9-3-10-18-34)47-46(48-43)36-19-11-4-12-20-36/h1-23,25-27,29,31,38H,24,28,30H2. The van der Waals surface area contributed by atoms with E-state index in [1.54, 1.807) is 0 Å². The van der Waals surface area contributed by atoms with Crippen LogP contribution < -0.4 is 0 Å². The number of hydrogen-bond donors (Lipinski definition) is 0. The van der Waals surface area contributed by atoms with Crippen LogP contribution in [0, 0.1) is 0 Å². The Morgan fingerprint density at radius 3 is 1.69 bits per heavy atom. The van der Waals surface area contributed by atoms with E-state index in [0.29, 0.717) is 5.92 Å². The Hall–Kier alpha value is -6.06. The molecule has 3 nitrogen and oxygen atoms in total. The van der Waals surface area contributed by atoms with Gasteiger partial charge in [-0.25, -0.2) is 9.97 Å². The lowest BCUT2D eigenvalue weighted by molar-refractivity contribution is 0.575. The molecule has 0 fully saturated rings. The van der Waals surface area contributed by atoms with Crippen LogP contribution in [0.2, 0.25) is 0 Å². The monoisotopic (exact) mass is 629 g/mol. The number of aromatic nitrogens is 3. The summed E-state index contributed by atoms with van der Waals surface area (Å²) in [6.45, 7) is 0. The van der Waals surface area contributed by atoms with Crippen LogP contribution in [-0.2, 0) is 12.8 Å².